The van der Waals surface area contributed by atoms with E-state index in [4.69, 9.17) is 11.6 Å². The summed E-state index contributed by atoms with van der Waals surface area (Å²) in [5.41, 5.74) is 1.22. The van der Waals surface area contributed by atoms with Gasteiger partial charge in [-0.25, -0.2) is 0 Å². The highest BCUT2D eigenvalue weighted by atomic mass is 35.5. The van der Waals surface area contributed by atoms with Crippen LogP contribution in [0.5, 0.6) is 0 Å². The Hall–Kier alpha value is -2.66. The van der Waals surface area contributed by atoms with E-state index in [0.717, 1.165) is 11.1 Å². The molecule has 1 saturated carbocycles. The maximum Gasteiger partial charge on any atom is 0.248 e. The molecule has 2 bridgehead atoms. The fraction of sp³-hybridized carbons (Fsp3) is 0.423. The standard InChI is InChI=1S/C26H29ClN2O3/c1-16-10-11-18(15-20(16)27)28-22(30)21(14-17-8-6-5-7-9-17)29-23(31)19-12-13-26(4,24(29)32)25(19,2)3/h5-11,15,19,21H,12-14H2,1-4H3,(H,28,30). The number of nitrogens with zero attached hydrogens (tertiary/aromatic N) is 1. The topological polar surface area (TPSA) is 66.5 Å². The summed E-state index contributed by atoms with van der Waals surface area (Å²) in [6.45, 7) is 7.82. The van der Waals surface area contributed by atoms with Crippen molar-refractivity contribution in [1.82, 2.24) is 4.90 Å². The van der Waals surface area contributed by atoms with E-state index in [9.17, 15) is 14.4 Å². The molecule has 0 spiro atoms. The molecule has 168 valence electrons. The molecule has 1 aliphatic carbocycles. The van der Waals surface area contributed by atoms with E-state index in [2.05, 4.69) is 5.32 Å². The fourth-order valence-corrected chi connectivity index (χ4v) is 5.36. The van der Waals surface area contributed by atoms with Crippen LogP contribution in [0.15, 0.2) is 48.5 Å². The van der Waals surface area contributed by atoms with Crippen LogP contribution < -0.4 is 5.32 Å². The van der Waals surface area contributed by atoms with Crippen molar-refractivity contribution in [3.63, 3.8) is 0 Å². The molecule has 2 aromatic rings. The molecule has 1 saturated heterocycles. The van der Waals surface area contributed by atoms with Crippen molar-refractivity contribution in [2.24, 2.45) is 16.7 Å². The number of likely N-dealkylation sites (tertiary alicyclic amines) is 1. The highest BCUT2D eigenvalue weighted by Gasteiger charge is 2.65. The van der Waals surface area contributed by atoms with Crippen molar-refractivity contribution in [2.45, 2.75) is 53.0 Å². The van der Waals surface area contributed by atoms with Gasteiger partial charge in [0, 0.05) is 23.0 Å². The molecular formula is C26H29ClN2O3. The number of rotatable bonds is 5. The van der Waals surface area contributed by atoms with Crippen LogP contribution >= 0.6 is 11.6 Å². The van der Waals surface area contributed by atoms with Gasteiger partial charge in [-0.05, 0) is 48.4 Å². The maximum atomic E-state index is 13.7. The van der Waals surface area contributed by atoms with Crippen molar-refractivity contribution in [2.75, 3.05) is 5.32 Å². The Morgan fingerprint density at radius 2 is 1.84 bits per heavy atom. The van der Waals surface area contributed by atoms with Gasteiger partial charge >= 0.3 is 0 Å². The van der Waals surface area contributed by atoms with Gasteiger partial charge in [-0.15, -0.1) is 0 Å². The van der Waals surface area contributed by atoms with Crippen LogP contribution in [-0.2, 0) is 20.8 Å². The normalized spacial score (nSPS) is 25.0. The van der Waals surface area contributed by atoms with Crippen LogP contribution in [0.25, 0.3) is 0 Å². The molecule has 3 unspecified atom stereocenters. The van der Waals surface area contributed by atoms with E-state index in [1.165, 1.54) is 4.90 Å². The summed E-state index contributed by atoms with van der Waals surface area (Å²) in [6, 6.07) is 13.8. The first-order chi connectivity index (χ1) is 15.1. The van der Waals surface area contributed by atoms with Crippen molar-refractivity contribution < 1.29 is 14.4 Å². The number of anilines is 1. The summed E-state index contributed by atoms with van der Waals surface area (Å²) < 4.78 is 0. The van der Waals surface area contributed by atoms with Gasteiger partial charge in [0.1, 0.15) is 6.04 Å². The minimum Gasteiger partial charge on any atom is -0.324 e. The summed E-state index contributed by atoms with van der Waals surface area (Å²) in [6.07, 6.45) is 1.57. The van der Waals surface area contributed by atoms with E-state index in [0.29, 0.717) is 23.6 Å². The lowest BCUT2D eigenvalue weighted by atomic mass is 9.62. The Balaban J connectivity index is 1.71. The summed E-state index contributed by atoms with van der Waals surface area (Å²) in [7, 11) is 0. The van der Waals surface area contributed by atoms with Gasteiger partial charge in [-0.1, -0.05) is 68.8 Å². The SMILES string of the molecule is Cc1ccc(NC(=O)C(Cc2ccccc2)N2C(=O)C3CCC(C)(C2=O)C3(C)C)cc1Cl. The van der Waals surface area contributed by atoms with Crippen LogP contribution in [0.2, 0.25) is 5.02 Å². The van der Waals surface area contributed by atoms with Gasteiger partial charge < -0.3 is 5.32 Å². The number of imide groups is 1. The van der Waals surface area contributed by atoms with Crippen molar-refractivity contribution in [1.29, 1.82) is 0 Å². The molecule has 2 aliphatic rings. The number of benzene rings is 2. The minimum atomic E-state index is -0.937. The number of carbonyl (C=O) groups excluding carboxylic acids is 3. The third kappa shape index (κ3) is 3.53. The van der Waals surface area contributed by atoms with Crippen molar-refractivity contribution in [3.8, 4) is 0 Å². The summed E-state index contributed by atoms with van der Waals surface area (Å²) >= 11 is 6.23. The first kappa shape index (κ1) is 22.5. The lowest BCUT2D eigenvalue weighted by Gasteiger charge is -2.49. The monoisotopic (exact) mass is 452 g/mol. The quantitative estimate of drug-likeness (QED) is 0.648. The molecule has 4 rings (SSSR count). The Kier molecular flexibility index (Phi) is 5.66. The lowest BCUT2D eigenvalue weighted by Crippen LogP contribution is -2.64. The van der Waals surface area contributed by atoms with Crippen LogP contribution in [0.4, 0.5) is 5.69 Å². The first-order valence-corrected chi connectivity index (χ1v) is 11.4. The van der Waals surface area contributed by atoms with E-state index >= 15 is 0 Å². The van der Waals surface area contributed by atoms with Gasteiger partial charge in [0.2, 0.25) is 17.7 Å². The largest absolute Gasteiger partial charge is 0.324 e. The van der Waals surface area contributed by atoms with Crippen LogP contribution in [0.3, 0.4) is 0 Å². The Bertz CT molecular complexity index is 1080. The van der Waals surface area contributed by atoms with Gasteiger partial charge in [0.05, 0.1) is 5.41 Å². The molecule has 2 aromatic carbocycles. The van der Waals surface area contributed by atoms with Gasteiger partial charge in [0.25, 0.3) is 0 Å². The maximum absolute atomic E-state index is 13.7. The van der Waals surface area contributed by atoms with Gasteiger partial charge in [-0.3, -0.25) is 19.3 Å². The van der Waals surface area contributed by atoms with Gasteiger partial charge in [-0.2, -0.15) is 0 Å². The fourth-order valence-electron chi connectivity index (χ4n) is 5.18. The number of hydrogen-bond donors (Lipinski definition) is 1. The van der Waals surface area contributed by atoms with Gasteiger partial charge in [0.15, 0.2) is 0 Å². The van der Waals surface area contributed by atoms with E-state index < -0.39 is 22.8 Å². The molecule has 1 N–H and O–H groups in total. The number of aryl methyl sites for hydroxylation is 1. The molecule has 2 fully saturated rings. The van der Waals surface area contributed by atoms with Crippen LogP contribution in [0, 0.1) is 23.7 Å². The zero-order chi connectivity index (χ0) is 23.3. The number of nitrogens with one attached hydrogen (secondary N) is 1. The molecule has 3 atom stereocenters. The second kappa shape index (κ2) is 8.04. The van der Waals surface area contributed by atoms with Crippen molar-refractivity contribution >= 4 is 35.0 Å². The summed E-state index contributed by atoms with van der Waals surface area (Å²) in [5, 5.41) is 3.42. The highest BCUT2D eigenvalue weighted by molar-refractivity contribution is 6.31. The Morgan fingerprint density at radius 3 is 2.50 bits per heavy atom. The molecule has 5 nitrogen and oxygen atoms in total. The zero-order valence-corrected chi connectivity index (χ0v) is 19.7. The molecule has 3 amide bonds. The zero-order valence-electron chi connectivity index (χ0n) is 18.9. The van der Waals surface area contributed by atoms with Crippen LogP contribution in [0.1, 0.15) is 44.7 Å². The first-order valence-electron chi connectivity index (χ1n) is 11.0. The van der Waals surface area contributed by atoms with Crippen molar-refractivity contribution in [3.05, 3.63) is 64.7 Å². The molecule has 0 radical (unpaired) electrons. The number of hydrogen-bond acceptors (Lipinski definition) is 3. The molecule has 32 heavy (non-hydrogen) atoms. The van der Waals surface area contributed by atoms with E-state index in [-0.39, 0.29) is 24.2 Å². The Labute approximate surface area is 194 Å². The predicted molar refractivity (Wildman–Crippen MR) is 125 cm³/mol. The third-order valence-corrected chi connectivity index (χ3v) is 8.19. The molecule has 1 aliphatic heterocycles. The summed E-state index contributed by atoms with van der Waals surface area (Å²) in [5.74, 6) is -1.16. The molecular weight excluding hydrogens is 424 g/mol. The number of halogens is 1. The van der Waals surface area contributed by atoms with E-state index in [1.54, 1.807) is 12.1 Å². The predicted octanol–water partition coefficient (Wildman–Crippen LogP) is 5.01. The number of carbonyl (C=O) groups is 3. The minimum absolute atomic E-state index is 0.243. The third-order valence-electron chi connectivity index (χ3n) is 7.78. The Morgan fingerprint density at radius 1 is 1.16 bits per heavy atom. The average Bonchev–Trinajstić information content (AvgIpc) is 2.94. The second-order valence-electron chi connectivity index (χ2n) is 9.82. The molecule has 1 heterocycles. The van der Waals surface area contributed by atoms with E-state index in [1.807, 2.05) is 64.1 Å². The average molecular weight is 453 g/mol. The molecule has 0 aromatic heterocycles. The smallest absolute Gasteiger partial charge is 0.248 e. The number of fused-ring (bicyclic) bond motifs is 2. The lowest BCUT2D eigenvalue weighted by molar-refractivity contribution is -0.172. The molecule has 6 heteroatoms. The number of piperidine rings is 1. The second-order valence-corrected chi connectivity index (χ2v) is 10.2. The number of amides is 3. The van der Waals surface area contributed by atoms with Crippen LogP contribution in [-0.4, -0.2) is 28.7 Å². The summed E-state index contributed by atoms with van der Waals surface area (Å²) in [4.78, 5) is 42.0. The highest BCUT2D eigenvalue weighted by Crippen LogP contribution is 2.60.